The SMILES string of the molecule is CCCC(CN)C(=O)NCCC(CCC(=O)O)C(C)(C)C. The summed E-state index contributed by atoms with van der Waals surface area (Å²) < 4.78 is 0. The second-order valence-electron chi connectivity index (χ2n) is 6.80. The van der Waals surface area contributed by atoms with Crippen LogP contribution < -0.4 is 11.1 Å². The summed E-state index contributed by atoms with van der Waals surface area (Å²) >= 11 is 0. The molecule has 21 heavy (non-hydrogen) atoms. The fourth-order valence-corrected chi connectivity index (χ4v) is 2.53. The van der Waals surface area contributed by atoms with Gasteiger partial charge in [0.1, 0.15) is 0 Å². The number of amides is 1. The highest BCUT2D eigenvalue weighted by molar-refractivity contribution is 5.78. The molecular weight excluding hydrogens is 268 g/mol. The number of carboxylic acids is 1. The highest BCUT2D eigenvalue weighted by atomic mass is 16.4. The van der Waals surface area contributed by atoms with Gasteiger partial charge >= 0.3 is 5.97 Å². The lowest BCUT2D eigenvalue weighted by atomic mass is 9.76. The summed E-state index contributed by atoms with van der Waals surface area (Å²) in [5.74, 6) is -0.580. The van der Waals surface area contributed by atoms with E-state index in [2.05, 4.69) is 26.1 Å². The van der Waals surface area contributed by atoms with Crippen LogP contribution in [0.3, 0.4) is 0 Å². The topological polar surface area (TPSA) is 92.4 Å². The van der Waals surface area contributed by atoms with Gasteiger partial charge in [0.2, 0.25) is 5.91 Å². The molecule has 0 bridgehead atoms. The monoisotopic (exact) mass is 300 g/mol. The van der Waals surface area contributed by atoms with Crippen LogP contribution in [0.1, 0.15) is 59.8 Å². The zero-order chi connectivity index (χ0) is 16.5. The normalized spacial score (nSPS) is 14.5. The number of rotatable bonds is 10. The minimum Gasteiger partial charge on any atom is -0.481 e. The van der Waals surface area contributed by atoms with Gasteiger partial charge < -0.3 is 16.2 Å². The molecule has 2 atom stereocenters. The van der Waals surface area contributed by atoms with E-state index in [0.29, 0.717) is 19.5 Å². The van der Waals surface area contributed by atoms with Crippen LogP contribution in [0.5, 0.6) is 0 Å². The summed E-state index contributed by atoms with van der Waals surface area (Å²) in [5, 5.41) is 11.8. The third-order valence-electron chi connectivity index (χ3n) is 4.02. The fourth-order valence-electron chi connectivity index (χ4n) is 2.53. The van der Waals surface area contributed by atoms with E-state index in [0.717, 1.165) is 19.3 Å². The van der Waals surface area contributed by atoms with E-state index in [-0.39, 0.29) is 29.6 Å². The zero-order valence-corrected chi connectivity index (χ0v) is 13.9. The smallest absolute Gasteiger partial charge is 0.303 e. The molecule has 124 valence electrons. The number of carboxylic acid groups (broad SMARTS) is 1. The van der Waals surface area contributed by atoms with E-state index in [1.54, 1.807) is 0 Å². The molecule has 0 aliphatic rings. The van der Waals surface area contributed by atoms with Crippen molar-refractivity contribution in [3.05, 3.63) is 0 Å². The van der Waals surface area contributed by atoms with Crippen molar-refractivity contribution in [1.82, 2.24) is 5.32 Å². The Labute approximate surface area is 128 Å². The van der Waals surface area contributed by atoms with Gasteiger partial charge in [-0.05, 0) is 30.6 Å². The van der Waals surface area contributed by atoms with E-state index in [1.807, 2.05) is 6.92 Å². The molecule has 0 heterocycles. The lowest BCUT2D eigenvalue weighted by Crippen LogP contribution is -2.37. The van der Waals surface area contributed by atoms with Crippen LogP contribution in [0, 0.1) is 17.3 Å². The number of nitrogens with one attached hydrogen (secondary N) is 1. The van der Waals surface area contributed by atoms with Gasteiger partial charge in [-0.3, -0.25) is 9.59 Å². The second kappa shape index (κ2) is 9.77. The number of aliphatic carboxylic acids is 1. The molecule has 0 saturated heterocycles. The molecule has 5 nitrogen and oxygen atoms in total. The predicted octanol–water partition coefficient (Wildman–Crippen LogP) is 2.39. The Morgan fingerprint density at radius 1 is 1.19 bits per heavy atom. The van der Waals surface area contributed by atoms with Gasteiger partial charge in [-0.15, -0.1) is 0 Å². The van der Waals surface area contributed by atoms with Crippen LogP contribution in [0.2, 0.25) is 0 Å². The van der Waals surface area contributed by atoms with E-state index in [4.69, 9.17) is 10.8 Å². The average molecular weight is 300 g/mol. The van der Waals surface area contributed by atoms with Crippen molar-refractivity contribution in [3.8, 4) is 0 Å². The van der Waals surface area contributed by atoms with Crippen LogP contribution in [-0.4, -0.2) is 30.1 Å². The molecule has 0 aliphatic heterocycles. The summed E-state index contributed by atoms with van der Waals surface area (Å²) in [7, 11) is 0. The maximum atomic E-state index is 12.0. The van der Waals surface area contributed by atoms with Crippen molar-refractivity contribution in [2.45, 2.75) is 59.8 Å². The van der Waals surface area contributed by atoms with E-state index in [9.17, 15) is 9.59 Å². The first-order valence-corrected chi connectivity index (χ1v) is 7.91. The second-order valence-corrected chi connectivity index (χ2v) is 6.80. The summed E-state index contributed by atoms with van der Waals surface area (Å²) in [5.41, 5.74) is 5.65. The summed E-state index contributed by atoms with van der Waals surface area (Å²) in [4.78, 5) is 22.7. The molecule has 0 fully saturated rings. The lowest BCUT2D eigenvalue weighted by Gasteiger charge is -2.30. The highest BCUT2D eigenvalue weighted by Crippen LogP contribution is 2.32. The molecule has 0 spiro atoms. The van der Waals surface area contributed by atoms with E-state index in [1.165, 1.54) is 0 Å². The summed E-state index contributed by atoms with van der Waals surface area (Å²) in [6.07, 6.45) is 3.37. The molecule has 0 aromatic rings. The first-order chi connectivity index (χ1) is 9.72. The minimum absolute atomic E-state index is 0.0187. The number of carbonyl (C=O) groups is 2. The van der Waals surface area contributed by atoms with Gasteiger partial charge in [-0.25, -0.2) is 0 Å². The molecule has 0 saturated carbocycles. The number of nitrogens with two attached hydrogens (primary N) is 1. The Bertz CT molecular complexity index is 324. The first kappa shape index (κ1) is 19.9. The van der Waals surface area contributed by atoms with E-state index >= 15 is 0 Å². The maximum absolute atomic E-state index is 12.0. The number of hydrogen-bond acceptors (Lipinski definition) is 3. The first-order valence-electron chi connectivity index (χ1n) is 7.91. The molecule has 5 heteroatoms. The Morgan fingerprint density at radius 2 is 1.81 bits per heavy atom. The molecule has 0 aromatic heterocycles. The van der Waals surface area contributed by atoms with Crippen LogP contribution in [0.15, 0.2) is 0 Å². The van der Waals surface area contributed by atoms with Gasteiger partial charge in [-0.2, -0.15) is 0 Å². The van der Waals surface area contributed by atoms with Crippen molar-refractivity contribution >= 4 is 11.9 Å². The molecule has 0 rings (SSSR count). The van der Waals surface area contributed by atoms with Gasteiger partial charge in [0, 0.05) is 19.5 Å². The molecule has 4 N–H and O–H groups in total. The number of carbonyl (C=O) groups excluding carboxylic acids is 1. The molecule has 2 unspecified atom stereocenters. The maximum Gasteiger partial charge on any atom is 0.303 e. The average Bonchev–Trinajstić information content (AvgIpc) is 2.37. The van der Waals surface area contributed by atoms with E-state index < -0.39 is 5.97 Å². The summed E-state index contributed by atoms with van der Waals surface area (Å²) in [6, 6.07) is 0. The van der Waals surface area contributed by atoms with Crippen LogP contribution in [0.4, 0.5) is 0 Å². The van der Waals surface area contributed by atoms with Crippen molar-refractivity contribution in [2.75, 3.05) is 13.1 Å². The van der Waals surface area contributed by atoms with Crippen molar-refractivity contribution in [2.24, 2.45) is 23.0 Å². The third kappa shape index (κ3) is 8.71. The van der Waals surface area contributed by atoms with Crippen LogP contribution in [0.25, 0.3) is 0 Å². The van der Waals surface area contributed by atoms with Crippen LogP contribution >= 0.6 is 0 Å². The third-order valence-corrected chi connectivity index (χ3v) is 4.02. The fraction of sp³-hybridized carbons (Fsp3) is 0.875. The largest absolute Gasteiger partial charge is 0.481 e. The highest BCUT2D eigenvalue weighted by Gasteiger charge is 2.25. The van der Waals surface area contributed by atoms with Crippen molar-refractivity contribution in [1.29, 1.82) is 0 Å². The molecule has 0 aromatic carbocycles. The Hall–Kier alpha value is -1.10. The number of hydrogen-bond donors (Lipinski definition) is 3. The van der Waals surface area contributed by atoms with Crippen molar-refractivity contribution < 1.29 is 14.7 Å². The van der Waals surface area contributed by atoms with Gasteiger partial charge in [0.15, 0.2) is 0 Å². The van der Waals surface area contributed by atoms with Gasteiger partial charge in [0.05, 0.1) is 5.92 Å². The van der Waals surface area contributed by atoms with Crippen molar-refractivity contribution in [3.63, 3.8) is 0 Å². The molecular formula is C16H32N2O3. The quantitative estimate of drug-likeness (QED) is 0.577. The van der Waals surface area contributed by atoms with Crippen LogP contribution in [-0.2, 0) is 9.59 Å². The Balaban J connectivity index is 4.30. The minimum atomic E-state index is -0.764. The lowest BCUT2D eigenvalue weighted by molar-refractivity contribution is -0.137. The van der Waals surface area contributed by atoms with Gasteiger partial charge in [0.25, 0.3) is 0 Å². The Morgan fingerprint density at radius 3 is 2.24 bits per heavy atom. The van der Waals surface area contributed by atoms with Gasteiger partial charge in [-0.1, -0.05) is 34.1 Å². The standard InChI is InChI=1S/C16H32N2O3/c1-5-6-12(11-17)15(21)18-10-9-13(16(2,3)4)7-8-14(19)20/h12-13H,5-11,17H2,1-4H3,(H,18,21)(H,19,20). The molecule has 1 amide bonds. The summed E-state index contributed by atoms with van der Waals surface area (Å²) in [6.45, 7) is 9.34. The zero-order valence-electron chi connectivity index (χ0n) is 13.9. The molecule has 0 radical (unpaired) electrons. The Kier molecular flexibility index (Phi) is 9.26. The predicted molar refractivity (Wildman–Crippen MR) is 84.9 cm³/mol. The molecule has 0 aliphatic carbocycles.